The van der Waals surface area contributed by atoms with E-state index in [1.165, 1.54) is 0 Å². The van der Waals surface area contributed by atoms with Gasteiger partial charge in [0.05, 0.1) is 12.2 Å². The maximum atomic E-state index is 11.9. The van der Waals surface area contributed by atoms with Crippen molar-refractivity contribution >= 4 is 5.91 Å². The van der Waals surface area contributed by atoms with Crippen LogP contribution in [0.3, 0.4) is 0 Å². The molecule has 0 saturated heterocycles. The van der Waals surface area contributed by atoms with Gasteiger partial charge < -0.3 is 15.5 Å². The smallest absolute Gasteiger partial charge is 0.251 e. The van der Waals surface area contributed by atoms with Crippen molar-refractivity contribution in [2.24, 2.45) is 5.73 Å². The zero-order valence-corrected chi connectivity index (χ0v) is 10.1. The lowest BCUT2D eigenvalue weighted by Crippen LogP contribution is -2.22. The van der Waals surface area contributed by atoms with Crippen LogP contribution in [0.2, 0.25) is 0 Å². The number of aryl methyl sites for hydroxylation is 1. The standard InChI is InChI=1S/C13H15N3O2/c1-9-2-3-12(18-9)8-16-13(17)10-4-5-15-11(6-10)7-14/h2-6H,7-8,14H2,1H3,(H,16,17). The fourth-order valence-corrected chi connectivity index (χ4v) is 1.58. The van der Waals surface area contributed by atoms with E-state index in [0.717, 1.165) is 11.5 Å². The predicted octanol–water partition coefficient (Wildman–Crippen LogP) is 1.37. The van der Waals surface area contributed by atoms with Crippen LogP contribution in [-0.2, 0) is 13.1 Å². The summed E-state index contributed by atoms with van der Waals surface area (Å²) in [5.74, 6) is 1.39. The molecule has 0 saturated carbocycles. The molecule has 0 spiro atoms. The molecule has 0 fully saturated rings. The first-order chi connectivity index (χ1) is 8.69. The van der Waals surface area contributed by atoms with Crippen LogP contribution in [0, 0.1) is 6.92 Å². The maximum Gasteiger partial charge on any atom is 0.251 e. The lowest BCUT2D eigenvalue weighted by atomic mass is 10.2. The number of carbonyl (C=O) groups is 1. The van der Waals surface area contributed by atoms with Crippen molar-refractivity contribution in [3.05, 3.63) is 53.2 Å². The summed E-state index contributed by atoms with van der Waals surface area (Å²) < 4.78 is 5.37. The number of nitrogens with two attached hydrogens (primary N) is 1. The van der Waals surface area contributed by atoms with Crippen molar-refractivity contribution in [3.8, 4) is 0 Å². The van der Waals surface area contributed by atoms with Gasteiger partial charge >= 0.3 is 0 Å². The minimum atomic E-state index is -0.166. The first-order valence-corrected chi connectivity index (χ1v) is 5.67. The molecule has 5 nitrogen and oxygen atoms in total. The van der Waals surface area contributed by atoms with Gasteiger partial charge in [-0.15, -0.1) is 0 Å². The molecule has 0 atom stereocenters. The van der Waals surface area contributed by atoms with Crippen molar-refractivity contribution in [3.63, 3.8) is 0 Å². The number of amides is 1. The van der Waals surface area contributed by atoms with E-state index in [4.69, 9.17) is 10.2 Å². The van der Waals surface area contributed by atoms with E-state index >= 15 is 0 Å². The van der Waals surface area contributed by atoms with E-state index in [1.54, 1.807) is 18.3 Å². The molecule has 0 aromatic carbocycles. The minimum absolute atomic E-state index is 0.166. The summed E-state index contributed by atoms with van der Waals surface area (Å²) in [6, 6.07) is 7.04. The second-order valence-electron chi connectivity index (χ2n) is 3.94. The van der Waals surface area contributed by atoms with Crippen molar-refractivity contribution in [1.82, 2.24) is 10.3 Å². The largest absolute Gasteiger partial charge is 0.465 e. The van der Waals surface area contributed by atoms with Gasteiger partial charge in [-0.1, -0.05) is 0 Å². The van der Waals surface area contributed by atoms with E-state index in [0.29, 0.717) is 24.3 Å². The highest BCUT2D eigenvalue weighted by molar-refractivity contribution is 5.94. The molecule has 0 unspecified atom stereocenters. The van der Waals surface area contributed by atoms with Crippen LogP contribution in [-0.4, -0.2) is 10.9 Å². The molecular weight excluding hydrogens is 230 g/mol. The number of nitrogens with one attached hydrogen (secondary N) is 1. The molecule has 5 heteroatoms. The molecule has 0 bridgehead atoms. The Morgan fingerprint density at radius 3 is 2.94 bits per heavy atom. The molecule has 0 radical (unpaired) electrons. The van der Waals surface area contributed by atoms with Crippen LogP contribution >= 0.6 is 0 Å². The van der Waals surface area contributed by atoms with Gasteiger partial charge in [-0.05, 0) is 31.2 Å². The normalized spacial score (nSPS) is 10.3. The second-order valence-corrected chi connectivity index (χ2v) is 3.94. The molecule has 2 heterocycles. The van der Waals surface area contributed by atoms with Gasteiger partial charge in [-0.2, -0.15) is 0 Å². The number of hydrogen-bond donors (Lipinski definition) is 2. The Morgan fingerprint density at radius 2 is 2.28 bits per heavy atom. The third kappa shape index (κ3) is 2.95. The molecule has 0 aliphatic heterocycles. The van der Waals surface area contributed by atoms with E-state index in [9.17, 15) is 4.79 Å². The second kappa shape index (κ2) is 5.46. The van der Waals surface area contributed by atoms with Gasteiger partial charge in [0.1, 0.15) is 11.5 Å². The average Bonchev–Trinajstić information content (AvgIpc) is 2.82. The van der Waals surface area contributed by atoms with Gasteiger partial charge in [0, 0.05) is 18.3 Å². The van der Waals surface area contributed by atoms with Gasteiger partial charge in [0.15, 0.2) is 0 Å². The Morgan fingerprint density at radius 1 is 1.44 bits per heavy atom. The first-order valence-electron chi connectivity index (χ1n) is 5.67. The van der Waals surface area contributed by atoms with Gasteiger partial charge in [0.2, 0.25) is 0 Å². The fourth-order valence-electron chi connectivity index (χ4n) is 1.58. The van der Waals surface area contributed by atoms with Gasteiger partial charge in [0.25, 0.3) is 5.91 Å². The molecule has 0 aliphatic rings. The maximum absolute atomic E-state index is 11.9. The Labute approximate surface area is 105 Å². The van der Waals surface area contributed by atoms with Gasteiger partial charge in [-0.25, -0.2) is 0 Å². The summed E-state index contributed by atoms with van der Waals surface area (Å²) in [6.07, 6.45) is 1.58. The number of aromatic nitrogens is 1. The first kappa shape index (κ1) is 12.3. The Hall–Kier alpha value is -2.14. The van der Waals surface area contributed by atoms with Crippen molar-refractivity contribution in [2.45, 2.75) is 20.0 Å². The van der Waals surface area contributed by atoms with E-state index in [1.807, 2.05) is 19.1 Å². The molecular formula is C13H15N3O2. The van der Waals surface area contributed by atoms with Crippen molar-refractivity contribution < 1.29 is 9.21 Å². The predicted molar refractivity (Wildman–Crippen MR) is 66.7 cm³/mol. The van der Waals surface area contributed by atoms with Gasteiger partial charge in [-0.3, -0.25) is 9.78 Å². The highest BCUT2D eigenvalue weighted by atomic mass is 16.3. The highest BCUT2D eigenvalue weighted by Crippen LogP contribution is 2.06. The summed E-state index contributed by atoms with van der Waals surface area (Å²) in [5.41, 5.74) is 6.72. The molecule has 2 aromatic heterocycles. The molecule has 2 rings (SSSR count). The summed E-state index contributed by atoms with van der Waals surface area (Å²) in [7, 11) is 0. The summed E-state index contributed by atoms with van der Waals surface area (Å²) in [4.78, 5) is 15.9. The number of pyridine rings is 1. The number of nitrogens with zero attached hydrogens (tertiary/aromatic N) is 1. The monoisotopic (exact) mass is 245 g/mol. The van der Waals surface area contributed by atoms with Crippen molar-refractivity contribution in [1.29, 1.82) is 0 Å². The Balaban J connectivity index is 1.99. The minimum Gasteiger partial charge on any atom is -0.465 e. The summed E-state index contributed by atoms with van der Waals surface area (Å²) in [5, 5.41) is 2.78. The number of rotatable bonds is 4. The zero-order chi connectivity index (χ0) is 13.0. The van der Waals surface area contributed by atoms with Crippen LogP contribution in [0.15, 0.2) is 34.9 Å². The van der Waals surface area contributed by atoms with Crippen LogP contribution in [0.1, 0.15) is 27.6 Å². The quantitative estimate of drug-likeness (QED) is 0.852. The third-order valence-corrected chi connectivity index (χ3v) is 2.51. The fraction of sp³-hybridized carbons (Fsp3) is 0.231. The zero-order valence-electron chi connectivity index (χ0n) is 10.1. The average molecular weight is 245 g/mol. The van der Waals surface area contributed by atoms with Crippen LogP contribution in [0.5, 0.6) is 0 Å². The third-order valence-electron chi connectivity index (χ3n) is 2.51. The van der Waals surface area contributed by atoms with Crippen LogP contribution < -0.4 is 11.1 Å². The lowest BCUT2D eigenvalue weighted by molar-refractivity contribution is 0.0947. The molecule has 2 aromatic rings. The van der Waals surface area contributed by atoms with E-state index in [2.05, 4.69) is 10.3 Å². The SMILES string of the molecule is Cc1ccc(CNC(=O)c2ccnc(CN)c2)o1. The summed E-state index contributed by atoms with van der Waals surface area (Å²) >= 11 is 0. The van der Waals surface area contributed by atoms with Crippen molar-refractivity contribution in [2.75, 3.05) is 0 Å². The highest BCUT2D eigenvalue weighted by Gasteiger charge is 2.07. The molecule has 18 heavy (non-hydrogen) atoms. The van der Waals surface area contributed by atoms with E-state index < -0.39 is 0 Å². The Kier molecular flexibility index (Phi) is 3.74. The summed E-state index contributed by atoms with van der Waals surface area (Å²) in [6.45, 7) is 2.55. The topological polar surface area (TPSA) is 81.2 Å². The van der Waals surface area contributed by atoms with Crippen LogP contribution in [0.4, 0.5) is 0 Å². The number of carbonyl (C=O) groups excluding carboxylic acids is 1. The molecule has 94 valence electrons. The number of furan rings is 1. The van der Waals surface area contributed by atoms with Crippen LogP contribution in [0.25, 0.3) is 0 Å². The Bertz CT molecular complexity index is 549. The van der Waals surface area contributed by atoms with E-state index in [-0.39, 0.29) is 5.91 Å². The molecule has 1 amide bonds. The molecule has 3 N–H and O–H groups in total. The molecule has 0 aliphatic carbocycles. The number of hydrogen-bond acceptors (Lipinski definition) is 4. The lowest BCUT2D eigenvalue weighted by Gasteiger charge is -2.04.